The lowest BCUT2D eigenvalue weighted by atomic mass is 10.2. The van der Waals surface area contributed by atoms with Gasteiger partial charge in [0.05, 0.1) is 24.4 Å². The van der Waals surface area contributed by atoms with Crippen molar-refractivity contribution in [3.05, 3.63) is 46.6 Å². The molecule has 0 spiro atoms. The normalized spacial score (nSPS) is 10.6. The molecular weight excluding hydrogens is 334 g/mol. The third kappa shape index (κ3) is 4.19. The number of anilines is 1. The molecule has 2 rings (SSSR count). The van der Waals surface area contributed by atoms with Crippen molar-refractivity contribution in [3.8, 4) is 11.5 Å². The van der Waals surface area contributed by atoms with E-state index >= 15 is 0 Å². The molecule has 110 valence electrons. The van der Waals surface area contributed by atoms with Crippen LogP contribution in [-0.2, 0) is 0 Å². The Morgan fingerprint density at radius 2 is 2.24 bits per heavy atom. The molecular formula is C15H16BrN3O2. The van der Waals surface area contributed by atoms with Gasteiger partial charge in [0.25, 0.3) is 0 Å². The topological polar surface area (TPSA) is 55.7 Å². The zero-order valence-electron chi connectivity index (χ0n) is 11.8. The van der Waals surface area contributed by atoms with Gasteiger partial charge in [-0.05, 0) is 52.7 Å². The number of ether oxygens (including phenoxy) is 2. The van der Waals surface area contributed by atoms with Gasteiger partial charge in [0, 0.05) is 6.20 Å². The Balaban J connectivity index is 2.15. The van der Waals surface area contributed by atoms with Gasteiger partial charge in [-0.3, -0.25) is 5.43 Å². The van der Waals surface area contributed by atoms with E-state index in [9.17, 15) is 0 Å². The van der Waals surface area contributed by atoms with Crippen LogP contribution in [0.25, 0.3) is 0 Å². The number of hydrogen-bond donors (Lipinski definition) is 1. The Hall–Kier alpha value is -2.08. The number of benzene rings is 1. The first-order valence-corrected chi connectivity index (χ1v) is 7.24. The quantitative estimate of drug-likeness (QED) is 0.638. The predicted octanol–water partition coefficient (Wildman–Crippen LogP) is 3.70. The van der Waals surface area contributed by atoms with Crippen molar-refractivity contribution in [2.24, 2.45) is 5.10 Å². The molecule has 5 nitrogen and oxygen atoms in total. The maximum Gasteiger partial charge on any atom is 0.175 e. The summed E-state index contributed by atoms with van der Waals surface area (Å²) >= 11 is 3.48. The summed E-state index contributed by atoms with van der Waals surface area (Å²) in [4.78, 5) is 4.12. The molecule has 0 aliphatic rings. The van der Waals surface area contributed by atoms with Crippen LogP contribution in [0.2, 0.25) is 0 Å². The number of methoxy groups -OCH3 is 1. The minimum atomic E-state index is 0.573. The number of nitrogens with zero attached hydrogens (tertiary/aromatic N) is 2. The summed E-state index contributed by atoms with van der Waals surface area (Å²) in [5.41, 5.74) is 3.74. The third-order valence-electron chi connectivity index (χ3n) is 2.60. The van der Waals surface area contributed by atoms with E-state index in [0.29, 0.717) is 23.9 Å². The van der Waals surface area contributed by atoms with Gasteiger partial charge in [0.15, 0.2) is 11.5 Å². The maximum absolute atomic E-state index is 5.55. The average Bonchev–Trinajstić information content (AvgIpc) is 2.51. The predicted molar refractivity (Wildman–Crippen MR) is 87.3 cm³/mol. The number of hydrazone groups is 1. The fraction of sp³-hybridized carbons (Fsp3) is 0.200. The van der Waals surface area contributed by atoms with Crippen molar-refractivity contribution < 1.29 is 9.47 Å². The van der Waals surface area contributed by atoms with Crippen LogP contribution in [0.5, 0.6) is 11.5 Å². The summed E-state index contributed by atoms with van der Waals surface area (Å²) in [5, 5.41) is 4.15. The van der Waals surface area contributed by atoms with Gasteiger partial charge >= 0.3 is 0 Å². The molecule has 0 saturated heterocycles. The molecule has 0 bridgehead atoms. The average molecular weight is 350 g/mol. The third-order valence-corrected chi connectivity index (χ3v) is 3.19. The number of rotatable bonds is 6. The van der Waals surface area contributed by atoms with Gasteiger partial charge in [-0.25, -0.2) is 4.98 Å². The van der Waals surface area contributed by atoms with Crippen LogP contribution in [0.3, 0.4) is 0 Å². The highest BCUT2D eigenvalue weighted by Crippen LogP contribution is 2.36. The van der Waals surface area contributed by atoms with Crippen LogP contribution in [0.4, 0.5) is 5.82 Å². The molecule has 0 unspecified atom stereocenters. The SMILES string of the molecule is CCOc1c(Br)cc(/C=N\Nc2ccccn2)cc1OC. The molecule has 1 N–H and O–H groups in total. The summed E-state index contributed by atoms with van der Waals surface area (Å²) in [7, 11) is 1.61. The first-order chi connectivity index (χ1) is 10.2. The van der Waals surface area contributed by atoms with Gasteiger partial charge < -0.3 is 9.47 Å². The zero-order chi connectivity index (χ0) is 15.1. The summed E-state index contributed by atoms with van der Waals surface area (Å²) in [6.45, 7) is 2.50. The zero-order valence-corrected chi connectivity index (χ0v) is 13.4. The van der Waals surface area contributed by atoms with Crippen LogP contribution in [0.1, 0.15) is 12.5 Å². The Morgan fingerprint density at radius 3 is 2.90 bits per heavy atom. The first-order valence-electron chi connectivity index (χ1n) is 6.45. The fourth-order valence-corrected chi connectivity index (χ4v) is 2.27. The van der Waals surface area contributed by atoms with Gasteiger partial charge in [0.2, 0.25) is 0 Å². The van der Waals surface area contributed by atoms with Gasteiger partial charge in [-0.2, -0.15) is 5.10 Å². The molecule has 21 heavy (non-hydrogen) atoms. The Kier molecular flexibility index (Phi) is 5.57. The number of hydrogen-bond acceptors (Lipinski definition) is 5. The van der Waals surface area contributed by atoms with Gasteiger partial charge in [-0.1, -0.05) is 6.07 Å². The number of pyridine rings is 1. The Labute approximate surface area is 132 Å². The van der Waals surface area contributed by atoms with Crippen molar-refractivity contribution >= 4 is 28.0 Å². The van der Waals surface area contributed by atoms with E-state index in [0.717, 1.165) is 10.0 Å². The fourth-order valence-electron chi connectivity index (χ4n) is 1.70. The second kappa shape index (κ2) is 7.64. The molecule has 0 aliphatic carbocycles. The second-order valence-electron chi connectivity index (χ2n) is 4.05. The molecule has 0 amide bonds. The molecule has 1 heterocycles. The second-order valence-corrected chi connectivity index (χ2v) is 4.91. The largest absolute Gasteiger partial charge is 0.493 e. The molecule has 2 aromatic rings. The summed E-state index contributed by atoms with van der Waals surface area (Å²) in [6, 6.07) is 9.35. The smallest absolute Gasteiger partial charge is 0.175 e. The number of aromatic nitrogens is 1. The molecule has 1 aromatic heterocycles. The van der Waals surface area contributed by atoms with E-state index in [-0.39, 0.29) is 0 Å². The molecule has 0 atom stereocenters. The minimum absolute atomic E-state index is 0.573. The van der Waals surface area contributed by atoms with Gasteiger partial charge in [0.1, 0.15) is 5.82 Å². The Bertz CT molecular complexity index is 618. The van der Waals surface area contributed by atoms with E-state index in [1.807, 2.05) is 37.3 Å². The molecule has 6 heteroatoms. The monoisotopic (exact) mass is 349 g/mol. The van der Waals surface area contributed by atoms with Crippen molar-refractivity contribution in [2.75, 3.05) is 19.1 Å². The molecule has 0 aliphatic heterocycles. The summed E-state index contributed by atoms with van der Waals surface area (Å²) < 4.78 is 11.7. The van der Waals surface area contributed by atoms with E-state index in [1.165, 1.54) is 0 Å². The summed E-state index contributed by atoms with van der Waals surface area (Å²) in [6.07, 6.45) is 3.39. The van der Waals surface area contributed by atoms with E-state index in [4.69, 9.17) is 9.47 Å². The molecule has 0 radical (unpaired) electrons. The maximum atomic E-state index is 5.55. The van der Waals surface area contributed by atoms with Gasteiger partial charge in [-0.15, -0.1) is 0 Å². The van der Waals surface area contributed by atoms with Crippen LogP contribution in [0.15, 0.2) is 46.1 Å². The Morgan fingerprint density at radius 1 is 1.38 bits per heavy atom. The minimum Gasteiger partial charge on any atom is -0.493 e. The van der Waals surface area contributed by atoms with E-state index in [1.54, 1.807) is 19.5 Å². The number of nitrogens with one attached hydrogen (secondary N) is 1. The molecule has 0 fully saturated rings. The standard InChI is InChI=1S/C15H16BrN3O2/c1-3-21-15-12(16)8-11(9-13(15)20-2)10-18-19-14-6-4-5-7-17-14/h4-10H,3H2,1-2H3,(H,17,19)/b18-10-. The molecule has 0 saturated carbocycles. The highest BCUT2D eigenvalue weighted by Gasteiger charge is 2.10. The van der Waals surface area contributed by atoms with Crippen LogP contribution in [0, 0.1) is 0 Å². The lowest BCUT2D eigenvalue weighted by Gasteiger charge is -2.11. The highest BCUT2D eigenvalue weighted by atomic mass is 79.9. The van der Waals surface area contributed by atoms with Crippen molar-refractivity contribution in [3.63, 3.8) is 0 Å². The van der Waals surface area contributed by atoms with E-state index < -0.39 is 0 Å². The lowest BCUT2D eigenvalue weighted by molar-refractivity contribution is 0.309. The first kappa shape index (κ1) is 15.3. The van der Waals surface area contributed by atoms with Crippen molar-refractivity contribution in [2.45, 2.75) is 6.92 Å². The van der Waals surface area contributed by atoms with Crippen LogP contribution in [-0.4, -0.2) is 24.9 Å². The van der Waals surface area contributed by atoms with Crippen molar-refractivity contribution in [1.82, 2.24) is 4.98 Å². The lowest BCUT2D eigenvalue weighted by Crippen LogP contribution is -1.98. The molecule has 1 aromatic carbocycles. The summed E-state index contributed by atoms with van der Waals surface area (Å²) in [5.74, 6) is 2.03. The highest BCUT2D eigenvalue weighted by molar-refractivity contribution is 9.10. The van der Waals surface area contributed by atoms with E-state index in [2.05, 4.69) is 31.4 Å². The van der Waals surface area contributed by atoms with Crippen LogP contribution < -0.4 is 14.9 Å². The van der Waals surface area contributed by atoms with Crippen LogP contribution >= 0.6 is 15.9 Å². The number of halogens is 1. The van der Waals surface area contributed by atoms with Crippen molar-refractivity contribution in [1.29, 1.82) is 0 Å².